The lowest BCUT2D eigenvalue weighted by Gasteiger charge is -2.18. The van der Waals surface area contributed by atoms with Gasteiger partial charge in [-0.2, -0.15) is 0 Å². The van der Waals surface area contributed by atoms with Crippen molar-refractivity contribution in [3.8, 4) is 0 Å². The smallest absolute Gasteiger partial charge is 0.230 e. The molecular formula is C17H21BrN2O2. The summed E-state index contributed by atoms with van der Waals surface area (Å²) in [5, 5.41) is 2.96. The third-order valence-electron chi connectivity index (χ3n) is 4.65. The maximum atomic E-state index is 12.5. The van der Waals surface area contributed by atoms with Gasteiger partial charge in [0.15, 0.2) is 0 Å². The van der Waals surface area contributed by atoms with E-state index in [0.717, 1.165) is 48.8 Å². The minimum atomic E-state index is -0.375. The van der Waals surface area contributed by atoms with Gasteiger partial charge in [-0.3, -0.25) is 9.59 Å². The van der Waals surface area contributed by atoms with Crippen LogP contribution in [0.3, 0.4) is 0 Å². The lowest BCUT2D eigenvalue weighted by Crippen LogP contribution is -2.37. The number of amides is 2. The second kappa shape index (κ2) is 6.41. The number of rotatable bonds is 5. The van der Waals surface area contributed by atoms with E-state index in [-0.39, 0.29) is 17.2 Å². The van der Waals surface area contributed by atoms with E-state index in [1.165, 1.54) is 0 Å². The van der Waals surface area contributed by atoms with Gasteiger partial charge in [0.05, 0.1) is 5.41 Å². The summed E-state index contributed by atoms with van der Waals surface area (Å²) >= 11 is 3.46. The van der Waals surface area contributed by atoms with Crippen LogP contribution in [-0.4, -0.2) is 36.3 Å². The molecule has 1 N–H and O–H groups in total. The molecule has 2 fully saturated rings. The first-order valence-electron chi connectivity index (χ1n) is 7.94. The predicted octanol–water partition coefficient (Wildman–Crippen LogP) is 2.61. The third kappa shape index (κ3) is 3.19. The minimum Gasteiger partial charge on any atom is -0.355 e. The van der Waals surface area contributed by atoms with Crippen molar-refractivity contribution in [3.63, 3.8) is 0 Å². The summed E-state index contributed by atoms with van der Waals surface area (Å²) in [6.45, 7) is 2.17. The Morgan fingerprint density at radius 2 is 1.95 bits per heavy atom. The van der Waals surface area contributed by atoms with Crippen LogP contribution < -0.4 is 5.32 Å². The molecule has 0 radical (unpaired) electrons. The molecule has 1 aromatic rings. The molecule has 0 unspecified atom stereocenters. The van der Waals surface area contributed by atoms with Crippen LogP contribution in [0.4, 0.5) is 0 Å². The molecule has 5 heteroatoms. The van der Waals surface area contributed by atoms with Crippen molar-refractivity contribution in [1.82, 2.24) is 10.2 Å². The molecule has 0 atom stereocenters. The second-order valence-corrected chi connectivity index (χ2v) is 7.10. The molecule has 22 heavy (non-hydrogen) atoms. The van der Waals surface area contributed by atoms with Crippen molar-refractivity contribution in [2.24, 2.45) is 0 Å². The molecule has 1 aromatic carbocycles. The van der Waals surface area contributed by atoms with Crippen LogP contribution in [0.1, 0.15) is 37.7 Å². The van der Waals surface area contributed by atoms with E-state index in [1.54, 1.807) is 0 Å². The molecule has 1 saturated carbocycles. The summed E-state index contributed by atoms with van der Waals surface area (Å²) < 4.78 is 0.994. The van der Waals surface area contributed by atoms with Gasteiger partial charge in [0.1, 0.15) is 0 Å². The summed E-state index contributed by atoms with van der Waals surface area (Å²) in [4.78, 5) is 26.4. The van der Waals surface area contributed by atoms with Crippen molar-refractivity contribution < 1.29 is 9.59 Å². The summed E-state index contributed by atoms with van der Waals surface area (Å²) in [6, 6.07) is 7.95. The largest absolute Gasteiger partial charge is 0.355 e. The number of nitrogens with zero attached hydrogens (tertiary/aromatic N) is 1. The first-order valence-corrected chi connectivity index (χ1v) is 8.73. The number of carbonyl (C=O) groups is 2. The summed E-state index contributed by atoms with van der Waals surface area (Å²) in [5.74, 6) is 0.213. The monoisotopic (exact) mass is 364 g/mol. The molecule has 0 spiro atoms. The quantitative estimate of drug-likeness (QED) is 0.872. The van der Waals surface area contributed by atoms with Crippen LogP contribution in [0.5, 0.6) is 0 Å². The Morgan fingerprint density at radius 3 is 2.59 bits per heavy atom. The lowest BCUT2D eigenvalue weighted by molar-refractivity contribution is -0.130. The van der Waals surface area contributed by atoms with Gasteiger partial charge < -0.3 is 10.2 Å². The van der Waals surface area contributed by atoms with Crippen LogP contribution in [0.2, 0.25) is 0 Å². The molecule has 4 nitrogen and oxygen atoms in total. The molecule has 1 aliphatic carbocycles. The number of carbonyl (C=O) groups excluding carboxylic acids is 2. The van der Waals surface area contributed by atoms with Crippen molar-refractivity contribution in [1.29, 1.82) is 0 Å². The molecule has 118 valence electrons. The number of likely N-dealkylation sites (tertiary alicyclic amines) is 1. The normalized spacial score (nSPS) is 19.0. The van der Waals surface area contributed by atoms with E-state index >= 15 is 0 Å². The molecule has 3 rings (SSSR count). The highest BCUT2D eigenvalue weighted by Crippen LogP contribution is 2.48. The van der Waals surface area contributed by atoms with Crippen molar-refractivity contribution in [2.75, 3.05) is 19.6 Å². The van der Waals surface area contributed by atoms with Crippen LogP contribution in [0.15, 0.2) is 28.7 Å². The Kier molecular flexibility index (Phi) is 4.52. The van der Waals surface area contributed by atoms with Gasteiger partial charge in [-0.05, 0) is 43.4 Å². The lowest BCUT2D eigenvalue weighted by atomic mass is 9.95. The molecule has 1 aliphatic heterocycles. The fourth-order valence-corrected chi connectivity index (χ4v) is 3.53. The van der Waals surface area contributed by atoms with Gasteiger partial charge in [0.25, 0.3) is 0 Å². The molecule has 0 aromatic heterocycles. The summed E-state index contributed by atoms with van der Waals surface area (Å²) in [5.41, 5.74) is 0.686. The standard InChI is InChI=1S/C17H21BrN2O2/c18-14-5-3-4-13(12-14)17(7-8-17)16(22)19-9-6-15(21)20-10-1-2-11-20/h3-5,12H,1-2,6-11H2,(H,19,22). The highest BCUT2D eigenvalue weighted by molar-refractivity contribution is 9.10. The maximum absolute atomic E-state index is 12.5. The fraction of sp³-hybridized carbons (Fsp3) is 0.529. The zero-order chi connectivity index (χ0) is 15.6. The highest BCUT2D eigenvalue weighted by atomic mass is 79.9. The van der Waals surface area contributed by atoms with E-state index in [1.807, 2.05) is 29.2 Å². The molecule has 2 aliphatic rings. The van der Waals surface area contributed by atoms with Crippen molar-refractivity contribution in [3.05, 3.63) is 34.3 Å². The zero-order valence-corrected chi connectivity index (χ0v) is 14.2. The van der Waals surface area contributed by atoms with E-state index in [2.05, 4.69) is 21.2 Å². The Bertz CT molecular complexity index is 578. The number of halogens is 1. The Labute approximate surface area is 139 Å². The number of benzene rings is 1. The van der Waals surface area contributed by atoms with Gasteiger partial charge >= 0.3 is 0 Å². The van der Waals surface area contributed by atoms with Crippen LogP contribution in [0, 0.1) is 0 Å². The fourth-order valence-electron chi connectivity index (χ4n) is 3.13. The van der Waals surface area contributed by atoms with Crippen molar-refractivity contribution in [2.45, 2.75) is 37.5 Å². The van der Waals surface area contributed by atoms with Crippen LogP contribution in [-0.2, 0) is 15.0 Å². The number of nitrogens with one attached hydrogen (secondary N) is 1. The van der Waals surface area contributed by atoms with Gasteiger partial charge in [0, 0.05) is 30.5 Å². The Morgan fingerprint density at radius 1 is 1.23 bits per heavy atom. The zero-order valence-electron chi connectivity index (χ0n) is 12.6. The van der Waals surface area contributed by atoms with E-state index in [0.29, 0.717) is 13.0 Å². The van der Waals surface area contributed by atoms with E-state index in [4.69, 9.17) is 0 Å². The molecule has 0 bridgehead atoms. The first kappa shape index (κ1) is 15.5. The average molecular weight is 365 g/mol. The summed E-state index contributed by atoms with van der Waals surface area (Å²) in [6.07, 6.45) is 4.37. The van der Waals surface area contributed by atoms with Crippen LogP contribution >= 0.6 is 15.9 Å². The predicted molar refractivity (Wildman–Crippen MR) is 88.5 cm³/mol. The number of hydrogen-bond acceptors (Lipinski definition) is 2. The van der Waals surface area contributed by atoms with Gasteiger partial charge in [-0.25, -0.2) is 0 Å². The molecular weight excluding hydrogens is 344 g/mol. The number of hydrogen-bond donors (Lipinski definition) is 1. The molecule has 1 heterocycles. The first-order chi connectivity index (χ1) is 10.6. The highest BCUT2D eigenvalue weighted by Gasteiger charge is 2.51. The van der Waals surface area contributed by atoms with Gasteiger partial charge in [-0.1, -0.05) is 28.1 Å². The van der Waals surface area contributed by atoms with Gasteiger partial charge in [-0.15, -0.1) is 0 Å². The average Bonchev–Trinajstić information content (AvgIpc) is 3.14. The van der Waals surface area contributed by atoms with Gasteiger partial charge in [0.2, 0.25) is 11.8 Å². The van der Waals surface area contributed by atoms with Crippen molar-refractivity contribution >= 4 is 27.7 Å². The summed E-state index contributed by atoms with van der Waals surface area (Å²) in [7, 11) is 0. The Balaban J connectivity index is 1.52. The Hall–Kier alpha value is -1.36. The van der Waals surface area contributed by atoms with E-state index in [9.17, 15) is 9.59 Å². The minimum absolute atomic E-state index is 0.0554. The maximum Gasteiger partial charge on any atom is 0.230 e. The topological polar surface area (TPSA) is 49.4 Å². The van der Waals surface area contributed by atoms with E-state index < -0.39 is 0 Å². The molecule has 2 amide bonds. The second-order valence-electron chi connectivity index (χ2n) is 6.19. The SMILES string of the molecule is O=C(CCNC(=O)C1(c2cccc(Br)c2)CC1)N1CCCC1. The van der Waals surface area contributed by atoms with Crippen LogP contribution in [0.25, 0.3) is 0 Å². The molecule has 1 saturated heterocycles. The third-order valence-corrected chi connectivity index (χ3v) is 5.14.